The lowest BCUT2D eigenvalue weighted by molar-refractivity contribution is 0.0730. The fourth-order valence-corrected chi connectivity index (χ4v) is 6.59. The summed E-state index contributed by atoms with van der Waals surface area (Å²) in [6.07, 6.45) is 6.72. The summed E-state index contributed by atoms with van der Waals surface area (Å²) in [5.41, 5.74) is 14.9. The minimum atomic E-state index is -3.58. The number of rotatable bonds is 4. The fourth-order valence-electron chi connectivity index (χ4n) is 4.09. The van der Waals surface area contributed by atoms with Gasteiger partial charge in [0.1, 0.15) is 17.5 Å². The van der Waals surface area contributed by atoms with Crippen molar-refractivity contribution < 1.29 is 13.2 Å². The fraction of sp³-hybridized carbons (Fsp3) is 0.261. The molecule has 2 aromatic rings. The second kappa shape index (κ2) is 9.07. The zero-order valence-corrected chi connectivity index (χ0v) is 19.9. The zero-order valence-electron chi connectivity index (χ0n) is 18.2. The van der Waals surface area contributed by atoms with Gasteiger partial charge in [-0.2, -0.15) is 4.31 Å². The van der Waals surface area contributed by atoms with Crippen molar-refractivity contribution >= 4 is 39.5 Å². The molecule has 0 saturated carbocycles. The molecule has 0 bridgehead atoms. The topological polar surface area (TPSA) is 117 Å². The molecule has 34 heavy (non-hydrogen) atoms. The van der Waals surface area contributed by atoms with E-state index in [-0.39, 0.29) is 4.90 Å². The Labute approximate surface area is 203 Å². The highest BCUT2D eigenvalue weighted by Crippen LogP contribution is 2.43. The molecule has 1 fully saturated rings. The second-order valence-corrected chi connectivity index (χ2v) is 11.0. The van der Waals surface area contributed by atoms with E-state index in [9.17, 15) is 8.42 Å². The average Bonchev–Trinajstić information content (AvgIpc) is 3.21. The Morgan fingerprint density at radius 3 is 2.53 bits per heavy atom. The van der Waals surface area contributed by atoms with E-state index in [1.807, 2.05) is 34.1 Å². The third-order valence-electron chi connectivity index (χ3n) is 5.86. The molecule has 3 heterocycles. The van der Waals surface area contributed by atoms with Crippen molar-refractivity contribution in [1.82, 2.24) is 4.31 Å². The predicted octanol–water partition coefficient (Wildman–Crippen LogP) is 1.49. The summed E-state index contributed by atoms with van der Waals surface area (Å²) in [5.74, 6) is 3.28. The number of hydrogen-bond acceptors (Lipinski definition) is 9. The smallest absolute Gasteiger partial charge is 0.243 e. The molecule has 0 radical (unpaired) electrons. The van der Waals surface area contributed by atoms with Gasteiger partial charge in [-0.05, 0) is 42.5 Å². The summed E-state index contributed by atoms with van der Waals surface area (Å²) in [6, 6.07) is 14.2. The molecule has 0 amide bonds. The van der Waals surface area contributed by atoms with Crippen LogP contribution in [-0.2, 0) is 14.8 Å². The van der Waals surface area contributed by atoms with Crippen molar-refractivity contribution in [2.75, 3.05) is 36.1 Å². The molecule has 5 rings (SSSR count). The van der Waals surface area contributed by atoms with Gasteiger partial charge >= 0.3 is 0 Å². The minimum Gasteiger partial charge on any atom is -0.379 e. The number of aliphatic imine (C=N–C) groups is 1. The highest BCUT2D eigenvalue weighted by Gasteiger charge is 2.38. The normalized spacial score (nSPS) is 23.2. The average molecular weight is 497 g/mol. The Bertz CT molecular complexity index is 1300. The van der Waals surface area contributed by atoms with Crippen molar-refractivity contribution in [3.63, 3.8) is 0 Å². The molecule has 11 heteroatoms. The maximum absolute atomic E-state index is 12.9. The number of terminal acetylenes is 1. The molecule has 3 aliphatic rings. The lowest BCUT2D eigenvalue weighted by Crippen LogP contribution is -2.44. The minimum absolute atomic E-state index is 0.233. The predicted molar refractivity (Wildman–Crippen MR) is 134 cm³/mol. The van der Waals surface area contributed by atoms with Crippen LogP contribution in [0.5, 0.6) is 0 Å². The SMILES string of the molecule is C#Cc1cccc(N2C=NC3=C(SC(N)N3c3ccc(S(=O)(=O)N4CCOCC4)cc3)C2N)c1. The van der Waals surface area contributed by atoms with Crippen LogP contribution in [-0.4, -0.2) is 57.0 Å². The summed E-state index contributed by atoms with van der Waals surface area (Å²) >= 11 is 1.42. The summed E-state index contributed by atoms with van der Waals surface area (Å²) in [7, 11) is -3.58. The highest BCUT2D eigenvalue weighted by atomic mass is 32.2. The number of anilines is 2. The summed E-state index contributed by atoms with van der Waals surface area (Å²) in [6.45, 7) is 1.50. The first-order valence-corrected chi connectivity index (χ1v) is 13.0. The highest BCUT2D eigenvalue weighted by molar-refractivity contribution is 8.04. The number of hydrogen-bond donors (Lipinski definition) is 2. The second-order valence-electron chi connectivity index (χ2n) is 7.87. The van der Waals surface area contributed by atoms with Crippen molar-refractivity contribution in [3.8, 4) is 12.3 Å². The van der Waals surface area contributed by atoms with Gasteiger partial charge in [-0.3, -0.25) is 4.90 Å². The maximum Gasteiger partial charge on any atom is 0.243 e. The molecule has 176 valence electrons. The number of thioether (sulfide) groups is 1. The first kappa shape index (κ1) is 22.9. The van der Waals surface area contributed by atoms with Gasteiger partial charge in [-0.15, -0.1) is 6.42 Å². The molecule has 2 atom stereocenters. The molecule has 9 nitrogen and oxygen atoms in total. The largest absolute Gasteiger partial charge is 0.379 e. The quantitative estimate of drug-likeness (QED) is 0.612. The molecular formula is C23H24N6O3S2. The van der Waals surface area contributed by atoms with Crippen LogP contribution in [0.4, 0.5) is 11.4 Å². The number of ether oxygens (including phenoxy) is 1. The van der Waals surface area contributed by atoms with Crippen LogP contribution in [0.2, 0.25) is 0 Å². The molecule has 3 aliphatic heterocycles. The first-order chi connectivity index (χ1) is 16.4. The summed E-state index contributed by atoms with van der Waals surface area (Å²) in [5, 5.41) is 0. The van der Waals surface area contributed by atoms with Gasteiger partial charge in [0.2, 0.25) is 10.0 Å². The first-order valence-electron chi connectivity index (χ1n) is 10.7. The van der Waals surface area contributed by atoms with Gasteiger partial charge in [-0.1, -0.05) is 23.7 Å². The Kier molecular flexibility index (Phi) is 6.11. The molecule has 0 spiro atoms. The molecule has 4 N–H and O–H groups in total. The van der Waals surface area contributed by atoms with Gasteiger partial charge < -0.3 is 21.1 Å². The van der Waals surface area contributed by atoms with Crippen molar-refractivity contribution in [2.45, 2.75) is 16.6 Å². The maximum atomic E-state index is 12.9. The number of sulfonamides is 1. The molecule has 1 saturated heterocycles. The molecule has 0 aliphatic carbocycles. The van der Waals surface area contributed by atoms with Crippen molar-refractivity contribution in [2.24, 2.45) is 16.5 Å². The van der Waals surface area contributed by atoms with Crippen LogP contribution in [0, 0.1) is 12.3 Å². The van der Waals surface area contributed by atoms with Crippen molar-refractivity contribution in [3.05, 3.63) is 64.8 Å². The van der Waals surface area contributed by atoms with Gasteiger partial charge in [0.05, 0.1) is 29.4 Å². The monoisotopic (exact) mass is 496 g/mol. The Balaban J connectivity index is 1.40. The third kappa shape index (κ3) is 3.98. The van der Waals surface area contributed by atoms with Crippen LogP contribution < -0.4 is 21.3 Å². The van der Waals surface area contributed by atoms with Gasteiger partial charge in [0.15, 0.2) is 0 Å². The Morgan fingerprint density at radius 2 is 1.82 bits per heavy atom. The van der Waals surface area contributed by atoms with Crippen molar-refractivity contribution in [1.29, 1.82) is 0 Å². The molecular weight excluding hydrogens is 472 g/mol. The van der Waals surface area contributed by atoms with E-state index >= 15 is 0 Å². The van der Waals surface area contributed by atoms with E-state index in [0.717, 1.165) is 21.8 Å². The van der Waals surface area contributed by atoms with Crippen LogP contribution in [0.15, 0.2) is 69.1 Å². The van der Waals surface area contributed by atoms with E-state index in [1.54, 1.807) is 30.6 Å². The van der Waals surface area contributed by atoms with Gasteiger partial charge in [0, 0.05) is 30.0 Å². The number of benzene rings is 2. The van der Waals surface area contributed by atoms with Crippen LogP contribution in [0.25, 0.3) is 0 Å². The van der Waals surface area contributed by atoms with E-state index in [2.05, 4.69) is 10.9 Å². The lowest BCUT2D eigenvalue weighted by Gasteiger charge is -2.31. The van der Waals surface area contributed by atoms with Crippen LogP contribution >= 0.6 is 11.8 Å². The lowest BCUT2D eigenvalue weighted by atomic mass is 10.2. The molecule has 2 aromatic carbocycles. The Hall–Kier alpha value is -2.85. The van der Waals surface area contributed by atoms with Gasteiger partial charge in [-0.25, -0.2) is 13.4 Å². The van der Waals surface area contributed by atoms with Gasteiger partial charge in [0.25, 0.3) is 0 Å². The summed E-state index contributed by atoms with van der Waals surface area (Å²) < 4.78 is 32.6. The third-order valence-corrected chi connectivity index (χ3v) is 8.90. The zero-order chi connectivity index (χ0) is 23.9. The van der Waals surface area contributed by atoms with E-state index in [0.29, 0.717) is 32.1 Å². The van der Waals surface area contributed by atoms with Crippen LogP contribution in [0.1, 0.15) is 5.56 Å². The van der Waals surface area contributed by atoms with E-state index in [1.165, 1.54) is 16.1 Å². The number of morpholine rings is 1. The van der Waals surface area contributed by atoms with Crippen LogP contribution in [0.3, 0.4) is 0 Å². The van der Waals surface area contributed by atoms with E-state index < -0.39 is 21.7 Å². The standard InChI is InChI=1S/C23H24N6O3S2/c1-2-16-4-3-5-18(14-16)28-15-26-22-20(21(28)24)33-23(25)29(22)17-6-8-19(9-7-17)34(30,31)27-10-12-32-13-11-27/h1,3-9,14-15,21,23H,10-13,24-25H2. The number of nitrogens with zero attached hydrogens (tertiary/aromatic N) is 4. The molecule has 2 unspecified atom stereocenters. The van der Waals surface area contributed by atoms with E-state index in [4.69, 9.17) is 22.6 Å². The molecule has 0 aromatic heterocycles. The number of nitrogens with two attached hydrogens (primary N) is 2. The summed E-state index contributed by atoms with van der Waals surface area (Å²) in [4.78, 5) is 9.41. The Morgan fingerprint density at radius 1 is 1.09 bits per heavy atom.